The number of nitrogens with zero attached hydrogens (tertiary/aromatic N) is 1. The molecule has 88 valence electrons. The van der Waals surface area contributed by atoms with Gasteiger partial charge in [-0.3, -0.25) is 4.90 Å². The van der Waals surface area contributed by atoms with Gasteiger partial charge in [0.2, 0.25) is 0 Å². The Labute approximate surface area is 94.4 Å². The first-order valence-electron chi connectivity index (χ1n) is 6.60. The molecule has 1 saturated heterocycles. The van der Waals surface area contributed by atoms with Crippen molar-refractivity contribution in [2.45, 2.75) is 64.6 Å². The Bertz CT molecular complexity index is 229. The van der Waals surface area contributed by atoms with Crippen LogP contribution in [0.15, 0.2) is 0 Å². The van der Waals surface area contributed by atoms with E-state index in [1.54, 1.807) is 0 Å². The Morgan fingerprint density at radius 2 is 2.13 bits per heavy atom. The molecule has 1 aliphatic carbocycles. The second-order valence-corrected chi connectivity index (χ2v) is 5.79. The third kappa shape index (κ3) is 2.21. The number of nitrogens with one attached hydrogen (secondary N) is 1. The Kier molecular flexibility index (Phi) is 3.09. The molecular weight excluding hydrogens is 184 g/mol. The van der Waals surface area contributed by atoms with Crippen LogP contribution in [0.4, 0.5) is 0 Å². The first-order valence-corrected chi connectivity index (χ1v) is 6.60. The Balaban J connectivity index is 1.97. The normalized spacial score (nSPS) is 46.8. The SMILES string of the molecule is CCC1CC1N1CC(C)(CC)NCC1C. The van der Waals surface area contributed by atoms with Crippen molar-refractivity contribution in [3.63, 3.8) is 0 Å². The summed E-state index contributed by atoms with van der Waals surface area (Å²) in [6.45, 7) is 11.8. The van der Waals surface area contributed by atoms with Gasteiger partial charge in [0.25, 0.3) is 0 Å². The molecule has 4 unspecified atom stereocenters. The molecule has 1 saturated carbocycles. The lowest BCUT2D eigenvalue weighted by Crippen LogP contribution is -2.62. The summed E-state index contributed by atoms with van der Waals surface area (Å²) in [6.07, 6.45) is 4.05. The summed E-state index contributed by atoms with van der Waals surface area (Å²) in [5.41, 5.74) is 0.355. The average Bonchev–Trinajstić information content (AvgIpc) is 3.01. The maximum atomic E-state index is 3.70. The van der Waals surface area contributed by atoms with E-state index in [0.717, 1.165) is 24.5 Å². The fourth-order valence-corrected chi connectivity index (χ4v) is 2.88. The third-order valence-corrected chi connectivity index (χ3v) is 4.54. The van der Waals surface area contributed by atoms with Gasteiger partial charge in [-0.1, -0.05) is 20.3 Å². The van der Waals surface area contributed by atoms with Crippen LogP contribution in [0.2, 0.25) is 0 Å². The first-order chi connectivity index (χ1) is 7.09. The van der Waals surface area contributed by atoms with Crippen LogP contribution in [-0.2, 0) is 0 Å². The Morgan fingerprint density at radius 3 is 2.67 bits per heavy atom. The lowest BCUT2D eigenvalue weighted by Gasteiger charge is -2.45. The second-order valence-electron chi connectivity index (χ2n) is 5.79. The van der Waals surface area contributed by atoms with Crippen LogP contribution in [0.3, 0.4) is 0 Å². The van der Waals surface area contributed by atoms with E-state index in [-0.39, 0.29) is 0 Å². The summed E-state index contributed by atoms with van der Waals surface area (Å²) < 4.78 is 0. The number of hydrogen-bond donors (Lipinski definition) is 1. The highest BCUT2D eigenvalue weighted by Gasteiger charge is 2.45. The lowest BCUT2D eigenvalue weighted by molar-refractivity contribution is 0.0810. The van der Waals surface area contributed by atoms with E-state index < -0.39 is 0 Å². The molecule has 0 amide bonds. The molecule has 2 nitrogen and oxygen atoms in total. The van der Waals surface area contributed by atoms with Gasteiger partial charge >= 0.3 is 0 Å². The average molecular weight is 210 g/mol. The summed E-state index contributed by atoms with van der Waals surface area (Å²) in [4.78, 5) is 2.76. The number of hydrogen-bond acceptors (Lipinski definition) is 2. The molecule has 0 aromatic rings. The molecule has 2 rings (SSSR count). The Hall–Kier alpha value is -0.0800. The highest BCUT2D eigenvalue weighted by molar-refractivity contribution is 5.02. The predicted octanol–water partition coefficient (Wildman–Crippen LogP) is 2.25. The molecule has 15 heavy (non-hydrogen) atoms. The van der Waals surface area contributed by atoms with Gasteiger partial charge in [0.05, 0.1) is 0 Å². The van der Waals surface area contributed by atoms with Crippen molar-refractivity contribution in [1.29, 1.82) is 0 Å². The summed E-state index contributed by atoms with van der Waals surface area (Å²) in [5, 5.41) is 3.70. The Morgan fingerprint density at radius 1 is 1.40 bits per heavy atom. The topological polar surface area (TPSA) is 15.3 Å². The molecule has 2 heteroatoms. The van der Waals surface area contributed by atoms with E-state index >= 15 is 0 Å². The minimum Gasteiger partial charge on any atom is -0.309 e. The number of piperazine rings is 1. The van der Waals surface area contributed by atoms with Gasteiger partial charge < -0.3 is 5.32 Å². The molecule has 0 radical (unpaired) electrons. The minimum atomic E-state index is 0.355. The molecule has 2 aliphatic rings. The molecular formula is C13H26N2. The lowest BCUT2D eigenvalue weighted by atomic mass is 9.93. The van der Waals surface area contributed by atoms with Crippen molar-refractivity contribution in [3.8, 4) is 0 Å². The largest absolute Gasteiger partial charge is 0.309 e. The van der Waals surface area contributed by atoms with E-state index in [2.05, 4.69) is 37.9 Å². The van der Waals surface area contributed by atoms with Crippen molar-refractivity contribution >= 4 is 0 Å². The zero-order valence-corrected chi connectivity index (χ0v) is 10.7. The maximum Gasteiger partial charge on any atom is 0.0278 e. The van der Waals surface area contributed by atoms with Crippen LogP contribution >= 0.6 is 0 Å². The van der Waals surface area contributed by atoms with Crippen LogP contribution in [0.25, 0.3) is 0 Å². The van der Waals surface area contributed by atoms with E-state index in [4.69, 9.17) is 0 Å². The van der Waals surface area contributed by atoms with Gasteiger partial charge in [-0.05, 0) is 32.6 Å². The van der Waals surface area contributed by atoms with Crippen LogP contribution in [-0.4, -0.2) is 35.6 Å². The zero-order valence-electron chi connectivity index (χ0n) is 10.7. The molecule has 0 aromatic carbocycles. The highest BCUT2D eigenvalue weighted by Crippen LogP contribution is 2.40. The van der Waals surface area contributed by atoms with Crippen LogP contribution in [0.5, 0.6) is 0 Å². The van der Waals surface area contributed by atoms with Gasteiger partial charge in [-0.25, -0.2) is 0 Å². The fourth-order valence-electron chi connectivity index (χ4n) is 2.88. The van der Waals surface area contributed by atoms with Crippen molar-refractivity contribution in [3.05, 3.63) is 0 Å². The zero-order chi connectivity index (χ0) is 11.1. The van der Waals surface area contributed by atoms with Crippen LogP contribution in [0.1, 0.15) is 47.0 Å². The van der Waals surface area contributed by atoms with Gasteiger partial charge in [0.1, 0.15) is 0 Å². The van der Waals surface area contributed by atoms with Crippen molar-refractivity contribution in [2.24, 2.45) is 5.92 Å². The van der Waals surface area contributed by atoms with Crippen LogP contribution in [0, 0.1) is 5.92 Å². The summed E-state index contributed by atoms with van der Waals surface area (Å²) in [6, 6.07) is 1.63. The van der Waals surface area contributed by atoms with E-state index in [1.165, 1.54) is 25.8 Å². The standard InChI is InChI=1S/C13H26N2/c1-5-11-7-12(11)15-9-13(4,6-2)14-8-10(15)3/h10-12,14H,5-9H2,1-4H3. The van der Waals surface area contributed by atoms with E-state index in [9.17, 15) is 0 Å². The minimum absolute atomic E-state index is 0.355. The van der Waals surface area contributed by atoms with Gasteiger partial charge in [0.15, 0.2) is 0 Å². The molecule has 1 aliphatic heterocycles. The van der Waals surface area contributed by atoms with E-state index in [0.29, 0.717) is 5.54 Å². The fraction of sp³-hybridized carbons (Fsp3) is 1.00. The number of rotatable bonds is 3. The van der Waals surface area contributed by atoms with Crippen LogP contribution < -0.4 is 5.32 Å². The van der Waals surface area contributed by atoms with Gasteiger partial charge in [-0.2, -0.15) is 0 Å². The molecule has 0 spiro atoms. The molecule has 0 aromatic heterocycles. The molecule has 2 fully saturated rings. The molecule has 1 heterocycles. The van der Waals surface area contributed by atoms with Crippen molar-refractivity contribution < 1.29 is 0 Å². The van der Waals surface area contributed by atoms with Crippen molar-refractivity contribution in [2.75, 3.05) is 13.1 Å². The first kappa shape index (κ1) is 11.4. The summed E-state index contributed by atoms with van der Waals surface area (Å²) in [7, 11) is 0. The molecule has 1 N–H and O–H groups in total. The monoisotopic (exact) mass is 210 g/mol. The van der Waals surface area contributed by atoms with E-state index in [1.807, 2.05) is 0 Å². The quantitative estimate of drug-likeness (QED) is 0.768. The van der Waals surface area contributed by atoms with Crippen molar-refractivity contribution in [1.82, 2.24) is 10.2 Å². The van der Waals surface area contributed by atoms with Gasteiger partial charge in [0, 0.05) is 30.7 Å². The summed E-state index contributed by atoms with van der Waals surface area (Å²) in [5.74, 6) is 0.992. The van der Waals surface area contributed by atoms with Gasteiger partial charge in [-0.15, -0.1) is 0 Å². The molecule has 0 bridgehead atoms. The maximum absolute atomic E-state index is 3.70. The smallest absolute Gasteiger partial charge is 0.0278 e. The predicted molar refractivity (Wildman–Crippen MR) is 65.1 cm³/mol. The third-order valence-electron chi connectivity index (χ3n) is 4.54. The second kappa shape index (κ2) is 4.06. The summed E-state index contributed by atoms with van der Waals surface area (Å²) >= 11 is 0. The molecule has 4 atom stereocenters. The highest BCUT2D eigenvalue weighted by atomic mass is 15.3.